The summed E-state index contributed by atoms with van der Waals surface area (Å²) in [5.74, 6) is 2.64. The maximum atomic E-state index is 13.4. The van der Waals surface area contributed by atoms with Gasteiger partial charge in [-0.15, -0.1) is 0 Å². The van der Waals surface area contributed by atoms with E-state index in [4.69, 9.17) is 18.3 Å². The zero-order chi connectivity index (χ0) is 22.1. The molecule has 5 rings (SSSR count). The Morgan fingerprint density at radius 3 is 2.59 bits per heavy atom. The Morgan fingerprint density at radius 2 is 1.88 bits per heavy atom. The number of fused-ring (bicyclic) bond motifs is 1. The van der Waals surface area contributed by atoms with Crippen molar-refractivity contribution in [2.75, 3.05) is 13.3 Å². The molecule has 1 aliphatic heterocycles. The van der Waals surface area contributed by atoms with Crippen LogP contribution in [-0.2, 0) is 17.9 Å². The largest absolute Gasteiger partial charge is 0.464 e. The lowest BCUT2D eigenvalue weighted by Crippen LogP contribution is -2.43. The molecule has 0 saturated heterocycles. The molecule has 0 unspecified atom stereocenters. The summed E-state index contributed by atoms with van der Waals surface area (Å²) in [6.45, 7) is 2.69. The number of furan rings is 2. The van der Waals surface area contributed by atoms with Crippen molar-refractivity contribution in [3.8, 4) is 11.5 Å². The van der Waals surface area contributed by atoms with E-state index in [1.54, 1.807) is 21.9 Å². The molecule has 0 atom stereocenters. The van der Waals surface area contributed by atoms with Crippen LogP contribution in [0.15, 0.2) is 57.6 Å². The molecule has 8 heteroatoms. The van der Waals surface area contributed by atoms with E-state index in [0.717, 1.165) is 24.2 Å². The van der Waals surface area contributed by atoms with Gasteiger partial charge >= 0.3 is 0 Å². The molecule has 1 fully saturated rings. The van der Waals surface area contributed by atoms with Crippen molar-refractivity contribution < 1.29 is 27.9 Å². The second kappa shape index (κ2) is 8.45. The summed E-state index contributed by atoms with van der Waals surface area (Å²) < 4.78 is 21.8. The topological polar surface area (TPSA) is 85.4 Å². The van der Waals surface area contributed by atoms with Crippen molar-refractivity contribution in [1.82, 2.24) is 9.80 Å². The summed E-state index contributed by atoms with van der Waals surface area (Å²) in [4.78, 5) is 29.6. The van der Waals surface area contributed by atoms with Crippen molar-refractivity contribution in [2.45, 2.75) is 38.9 Å². The number of aryl methyl sites for hydroxylation is 1. The zero-order valence-corrected chi connectivity index (χ0v) is 17.8. The van der Waals surface area contributed by atoms with Crippen molar-refractivity contribution in [1.29, 1.82) is 0 Å². The van der Waals surface area contributed by atoms with Crippen LogP contribution in [0.3, 0.4) is 0 Å². The number of rotatable bonds is 8. The van der Waals surface area contributed by atoms with Gasteiger partial charge in [-0.1, -0.05) is 6.07 Å². The summed E-state index contributed by atoms with van der Waals surface area (Å²) in [5.41, 5.74) is 0.904. The van der Waals surface area contributed by atoms with Gasteiger partial charge in [-0.25, -0.2) is 0 Å². The van der Waals surface area contributed by atoms with Gasteiger partial charge in [0.25, 0.3) is 5.91 Å². The Labute approximate surface area is 185 Å². The van der Waals surface area contributed by atoms with Gasteiger partial charge in [0.15, 0.2) is 17.3 Å². The fourth-order valence-corrected chi connectivity index (χ4v) is 3.79. The minimum atomic E-state index is -0.261. The van der Waals surface area contributed by atoms with E-state index in [2.05, 4.69) is 0 Å². The molecule has 1 aromatic carbocycles. The molecule has 166 valence electrons. The third-order valence-electron chi connectivity index (χ3n) is 5.59. The van der Waals surface area contributed by atoms with E-state index in [1.165, 1.54) is 6.26 Å². The van der Waals surface area contributed by atoms with Crippen LogP contribution in [-0.4, -0.2) is 41.0 Å². The molecule has 0 N–H and O–H groups in total. The highest BCUT2D eigenvalue weighted by atomic mass is 16.7. The summed E-state index contributed by atoms with van der Waals surface area (Å²) in [6, 6.07) is 12.7. The second-order valence-electron chi connectivity index (χ2n) is 8.09. The van der Waals surface area contributed by atoms with Crippen molar-refractivity contribution in [2.24, 2.45) is 0 Å². The van der Waals surface area contributed by atoms with Gasteiger partial charge in [0.2, 0.25) is 12.7 Å². The van der Waals surface area contributed by atoms with Gasteiger partial charge in [-0.3, -0.25) is 9.59 Å². The molecule has 32 heavy (non-hydrogen) atoms. The van der Waals surface area contributed by atoms with E-state index in [9.17, 15) is 9.59 Å². The SMILES string of the molecule is Cc1ccc(CN(Cc2ccc3c(c2)OCO3)C(=O)CN(C(=O)c2ccco2)C2CC2)o1. The molecule has 8 nitrogen and oxygen atoms in total. The normalized spacial score (nSPS) is 14.4. The van der Waals surface area contributed by atoms with E-state index in [1.807, 2.05) is 37.3 Å². The Bertz CT molecular complexity index is 1120. The molecule has 1 saturated carbocycles. The molecule has 1 aliphatic carbocycles. The van der Waals surface area contributed by atoms with Crippen LogP contribution in [0.1, 0.15) is 40.5 Å². The van der Waals surface area contributed by atoms with Gasteiger partial charge in [0.1, 0.15) is 18.1 Å². The van der Waals surface area contributed by atoms with Gasteiger partial charge in [0, 0.05) is 12.6 Å². The Kier molecular flexibility index (Phi) is 5.34. The number of amides is 2. The summed E-state index contributed by atoms with van der Waals surface area (Å²) >= 11 is 0. The summed E-state index contributed by atoms with van der Waals surface area (Å²) in [6.07, 6.45) is 3.24. The standard InChI is InChI=1S/C24H24N2O6/c1-16-4-8-19(32-16)13-25(12-17-5-9-20-22(11-17)31-15-30-20)23(27)14-26(18-6-7-18)24(28)21-3-2-10-29-21/h2-5,8-11,18H,6-7,12-15H2,1H3. The number of hydrogen-bond acceptors (Lipinski definition) is 6. The van der Waals surface area contributed by atoms with Crippen LogP contribution >= 0.6 is 0 Å². The molecule has 2 aromatic heterocycles. The first-order chi connectivity index (χ1) is 15.6. The molecular formula is C24H24N2O6. The molecule has 0 bridgehead atoms. The highest BCUT2D eigenvalue weighted by molar-refractivity contribution is 5.94. The number of nitrogens with zero attached hydrogens (tertiary/aromatic N) is 2. The predicted octanol–water partition coefficient (Wildman–Crippen LogP) is 3.74. The van der Waals surface area contributed by atoms with E-state index >= 15 is 0 Å². The molecule has 0 radical (unpaired) electrons. The van der Waals surface area contributed by atoms with Gasteiger partial charge in [-0.2, -0.15) is 0 Å². The molecule has 3 heterocycles. The lowest BCUT2D eigenvalue weighted by molar-refractivity contribution is -0.133. The molecule has 3 aromatic rings. The number of benzene rings is 1. The van der Waals surface area contributed by atoms with Crippen molar-refractivity contribution in [3.05, 3.63) is 71.6 Å². The maximum Gasteiger partial charge on any atom is 0.290 e. The van der Waals surface area contributed by atoms with Gasteiger partial charge < -0.3 is 28.1 Å². The van der Waals surface area contributed by atoms with Crippen LogP contribution in [0.2, 0.25) is 0 Å². The highest BCUT2D eigenvalue weighted by Crippen LogP contribution is 2.33. The van der Waals surface area contributed by atoms with E-state index in [0.29, 0.717) is 30.3 Å². The first-order valence-corrected chi connectivity index (χ1v) is 10.6. The van der Waals surface area contributed by atoms with Crippen LogP contribution in [0, 0.1) is 6.92 Å². The second-order valence-corrected chi connectivity index (χ2v) is 8.09. The highest BCUT2D eigenvalue weighted by Gasteiger charge is 2.36. The minimum absolute atomic E-state index is 0.0194. The van der Waals surface area contributed by atoms with Crippen molar-refractivity contribution in [3.63, 3.8) is 0 Å². The summed E-state index contributed by atoms with van der Waals surface area (Å²) in [7, 11) is 0. The maximum absolute atomic E-state index is 13.4. The smallest absolute Gasteiger partial charge is 0.290 e. The average molecular weight is 436 g/mol. The first-order valence-electron chi connectivity index (χ1n) is 10.6. The van der Waals surface area contributed by atoms with E-state index in [-0.39, 0.29) is 37.0 Å². The molecule has 2 aliphatic rings. The van der Waals surface area contributed by atoms with Crippen molar-refractivity contribution >= 4 is 11.8 Å². The predicted molar refractivity (Wildman–Crippen MR) is 113 cm³/mol. The molecule has 2 amide bonds. The number of carbonyl (C=O) groups excluding carboxylic acids is 2. The van der Waals surface area contributed by atoms with Crippen LogP contribution in [0.5, 0.6) is 11.5 Å². The Morgan fingerprint density at radius 1 is 1.03 bits per heavy atom. The molecular weight excluding hydrogens is 412 g/mol. The first kappa shape index (κ1) is 20.2. The van der Waals surface area contributed by atoms with E-state index < -0.39 is 0 Å². The summed E-state index contributed by atoms with van der Waals surface area (Å²) in [5, 5.41) is 0. The minimum Gasteiger partial charge on any atom is -0.464 e. The lowest BCUT2D eigenvalue weighted by atomic mass is 10.2. The quantitative estimate of drug-likeness (QED) is 0.535. The van der Waals surface area contributed by atoms with Crippen LogP contribution in [0.4, 0.5) is 0 Å². The Hall–Kier alpha value is -3.68. The number of ether oxygens (including phenoxy) is 2. The third kappa shape index (κ3) is 4.34. The van der Waals surface area contributed by atoms with Gasteiger partial charge in [-0.05, 0) is 61.7 Å². The fourth-order valence-electron chi connectivity index (χ4n) is 3.79. The molecule has 0 spiro atoms. The lowest BCUT2D eigenvalue weighted by Gasteiger charge is -2.27. The van der Waals surface area contributed by atoms with Crippen LogP contribution in [0.25, 0.3) is 0 Å². The van der Waals surface area contributed by atoms with Crippen LogP contribution < -0.4 is 9.47 Å². The monoisotopic (exact) mass is 436 g/mol. The van der Waals surface area contributed by atoms with Gasteiger partial charge in [0.05, 0.1) is 12.8 Å². The average Bonchev–Trinajstić information content (AvgIpc) is 3.17. The fraction of sp³-hybridized carbons (Fsp3) is 0.333. The third-order valence-corrected chi connectivity index (χ3v) is 5.59. The zero-order valence-electron chi connectivity index (χ0n) is 17.8. The number of hydrogen-bond donors (Lipinski definition) is 0. The Balaban J connectivity index is 1.36. The number of carbonyl (C=O) groups is 2.